The number of hydrogen-bond donors (Lipinski definition) is 1. The summed E-state index contributed by atoms with van der Waals surface area (Å²) in [7, 11) is 1.69. The van der Waals surface area contributed by atoms with Gasteiger partial charge < -0.3 is 15.2 Å². The van der Waals surface area contributed by atoms with Crippen LogP contribution in [0.4, 0.5) is 0 Å². The lowest BCUT2D eigenvalue weighted by Gasteiger charge is -2.27. The van der Waals surface area contributed by atoms with Gasteiger partial charge in [-0.05, 0) is 31.7 Å². The highest BCUT2D eigenvalue weighted by molar-refractivity contribution is 5.50. The van der Waals surface area contributed by atoms with Crippen LogP contribution in [0.2, 0.25) is 0 Å². The molecule has 0 aromatic heterocycles. The van der Waals surface area contributed by atoms with Crippen molar-refractivity contribution >= 4 is 0 Å². The van der Waals surface area contributed by atoms with E-state index in [4.69, 9.17) is 15.2 Å². The standard InChI is InChI=1S/C15H21NO2/c1-17-13-6-4-5-12(14(13)18-11-7-8-11)15(16)9-2-3-10-15/h4-6,11H,2-3,7-10,16H2,1H3. The number of methoxy groups -OCH3 is 1. The lowest BCUT2D eigenvalue weighted by Crippen LogP contribution is -2.33. The third-order valence-electron chi connectivity index (χ3n) is 4.04. The van der Waals surface area contributed by atoms with E-state index in [1.807, 2.05) is 12.1 Å². The van der Waals surface area contributed by atoms with Crippen molar-refractivity contribution in [2.75, 3.05) is 7.11 Å². The van der Waals surface area contributed by atoms with Crippen molar-refractivity contribution in [1.29, 1.82) is 0 Å². The van der Waals surface area contributed by atoms with Gasteiger partial charge in [0.1, 0.15) is 0 Å². The Hall–Kier alpha value is -1.22. The molecule has 3 nitrogen and oxygen atoms in total. The van der Waals surface area contributed by atoms with Crippen LogP contribution in [0.3, 0.4) is 0 Å². The number of benzene rings is 1. The van der Waals surface area contributed by atoms with Crippen LogP contribution in [0.15, 0.2) is 18.2 Å². The Kier molecular flexibility index (Phi) is 2.94. The average Bonchev–Trinajstić information content (AvgIpc) is 3.09. The SMILES string of the molecule is COc1cccc(C2(N)CCCC2)c1OC1CC1. The summed E-state index contributed by atoms with van der Waals surface area (Å²) in [5.74, 6) is 1.70. The molecule has 0 aliphatic heterocycles. The molecule has 2 aliphatic carbocycles. The van der Waals surface area contributed by atoms with Gasteiger partial charge in [-0.1, -0.05) is 25.0 Å². The molecule has 0 bridgehead atoms. The first-order chi connectivity index (χ1) is 8.73. The zero-order chi connectivity index (χ0) is 12.6. The van der Waals surface area contributed by atoms with Crippen molar-refractivity contribution in [3.8, 4) is 11.5 Å². The summed E-state index contributed by atoms with van der Waals surface area (Å²) in [6.07, 6.45) is 7.16. The molecule has 0 heterocycles. The molecule has 0 amide bonds. The number of ether oxygens (including phenoxy) is 2. The molecule has 2 saturated carbocycles. The zero-order valence-corrected chi connectivity index (χ0v) is 10.9. The second-order valence-electron chi connectivity index (χ2n) is 5.52. The Bertz CT molecular complexity index is 434. The second kappa shape index (κ2) is 4.47. The first-order valence-electron chi connectivity index (χ1n) is 6.86. The van der Waals surface area contributed by atoms with Crippen molar-refractivity contribution in [3.05, 3.63) is 23.8 Å². The summed E-state index contributed by atoms with van der Waals surface area (Å²) < 4.78 is 11.5. The van der Waals surface area contributed by atoms with E-state index in [0.717, 1.165) is 42.7 Å². The summed E-state index contributed by atoms with van der Waals surface area (Å²) in [4.78, 5) is 0. The minimum atomic E-state index is -0.223. The van der Waals surface area contributed by atoms with Gasteiger partial charge in [0.05, 0.1) is 13.2 Å². The van der Waals surface area contributed by atoms with Gasteiger partial charge in [-0.15, -0.1) is 0 Å². The van der Waals surface area contributed by atoms with Crippen LogP contribution in [0.1, 0.15) is 44.1 Å². The minimum absolute atomic E-state index is 0.223. The van der Waals surface area contributed by atoms with E-state index >= 15 is 0 Å². The third-order valence-corrected chi connectivity index (χ3v) is 4.04. The minimum Gasteiger partial charge on any atom is -0.493 e. The Balaban J connectivity index is 2.00. The van der Waals surface area contributed by atoms with Gasteiger partial charge in [0, 0.05) is 11.1 Å². The second-order valence-corrected chi connectivity index (χ2v) is 5.52. The normalized spacial score (nSPS) is 21.9. The molecule has 0 spiro atoms. The molecule has 18 heavy (non-hydrogen) atoms. The Morgan fingerprint density at radius 1 is 1.22 bits per heavy atom. The summed E-state index contributed by atoms with van der Waals surface area (Å²) in [5, 5.41) is 0. The molecule has 1 aromatic carbocycles. The van der Waals surface area contributed by atoms with E-state index < -0.39 is 0 Å². The van der Waals surface area contributed by atoms with Crippen molar-refractivity contribution in [2.45, 2.75) is 50.2 Å². The fraction of sp³-hybridized carbons (Fsp3) is 0.600. The van der Waals surface area contributed by atoms with Crippen LogP contribution in [0.5, 0.6) is 11.5 Å². The van der Waals surface area contributed by atoms with Crippen molar-refractivity contribution < 1.29 is 9.47 Å². The zero-order valence-electron chi connectivity index (χ0n) is 10.9. The first kappa shape index (κ1) is 11.8. The van der Waals surface area contributed by atoms with Crippen molar-refractivity contribution in [2.24, 2.45) is 5.73 Å². The summed E-state index contributed by atoms with van der Waals surface area (Å²) in [6.45, 7) is 0. The van der Waals surface area contributed by atoms with E-state index in [1.54, 1.807) is 7.11 Å². The molecule has 0 saturated heterocycles. The van der Waals surface area contributed by atoms with Crippen LogP contribution in [0.25, 0.3) is 0 Å². The summed E-state index contributed by atoms with van der Waals surface area (Å²) in [6, 6.07) is 6.08. The van der Waals surface area contributed by atoms with E-state index in [2.05, 4.69) is 6.07 Å². The van der Waals surface area contributed by atoms with E-state index in [-0.39, 0.29) is 5.54 Å². The van der Waals surface area contributed by atoms with Crippen LogP contribution in [0, 0.1) is 0 Å². The molecule has 2 aliphatic rings. The van der Waals surface area contributed by atoms with Crippen LogP contribution in [-0.4, -0.2) is 13.2 Å². The maximum absolute atomic E-state index is 6.57. The van der Waals surface area contributed by atoms with Gasteiger partial charge in [0.25, 0.3) is 0 Å². The number of hydrogen-bond acceptors (Lipinski definition) is 3. The largest absolute Gasteiger partial charge is 0.493 e. The van der Waals surface area contributed by atoms with Crippen LogP contribution >= 0.6 is 0 Å². The van der Waals surface area contributed by atoms with Crippen LogP contribution in [-0.2, 0) is 5.54 Å². The van der Waals surface area contributed by atoms with Crippen molar-refractivity contribution in [1.82, 2.24) is 0 Å². The average molecular weight is 247 g/mol. The molecular weight excluding hydrogens is 226 g/mol. The van der Waals surface area contributed by atoms with E-state index in [0.29, 0.717) is 6.10 Å². The lowest BCUT2D eigenvalue weighted by atomic mass is 9.88. The monoisotopic (exact) mass is 247 g/mol. The first-order valence-corrected chi connectivity index (χ1v) is 6.86. The van der Waals surface area contributed by atoms with Crippen molar-refractivity contribution in [3.63, 3.8) is 0 Å². The summed E-state index contributed by atoms with van der Waals surface area (Å²) >= 11 is 0. The fourth-order valence-electron chi connectivity index (χ4n) is 2.82. The Morgan fingerprint density at radius 3 is 2.56 bits per heavy atom. The van der Waals surface area contributed by atoms with Gasteiger partial charge in [-0.3, -0.25) is 0 Å². The predicted octanol–water partition coefficient (Wildman–Crippen LogP) is 2.96. The predicted molar refractivity (Wildman–Crippen MR) is 71.0 cm³/mol. The fourth-order valence-corrected chi connectivity index (χ4v) is 2.82. The van der Waals surface area contributed by atoms with Gasteiger partial charge >= 0.3 is 0 Å². The summed E-state index contributed by atoms with van der Waals surface area (Å²) in [5.41, 5.74) is 7.47. The molecule has 2 fully saturated rings. The number of nitrogens with two attached hydrogens (primary N) is 1. The number of para-hydroxylation sites is 1. The molecule has 1 aromatic rings. The van der Waals surface area contributed by atoms with Crippen LogP contribution < -0.4 is 15.2 Å². The van der Waals surface area contributed by atoms with E-state index in [1.165, 1.54) is 12.8 Å². The molecule has 3 heteroatoms. The maximum Gasteiger partial charge on any atom is 0.166 e. The molecule has 3 rings (SSSR count). The highest BCUT2D eigenvalue weighted by Gasteiger charge is 2.36. The lowest BCUT2D eigenvalue weighted by molar-refractivity contribution is 0.270. The Morgan fingerprint density at radius 2 is 1.94 bits per heavy atom. The van der Waals surface area contributed by atoms with Gasteiger partial charge in [-0.2, -0.15) is 0 Å². The molecule has 0 atom stereocenters. The topological polar surface area (TPSA) is 44.5 Å². The highest BCUT2D eigenvalue weighted by Crippen LogP contribution is 2.45. The molecule has 98 valence electrons. The highest BCUT2D eigenvalue weighted by atomic mass is 16.5. The smallest absolute Gasteiger partial charge is 0.166 e. The maximum atomic E-state index is 6.57. The molecule has 2 N–H and O–H groups in total. The molecule has 0 unspecified atom stereocenters. The van der Waals surface area contributed by atoms with Gasteiger partial charge in [0.15, 0.2) is 11.5 Å². The van der Waals surface area contributed by atoms with E-state index in [9.17, 15) is 0 Å². The molecular formula is C15H21NO2. The third kappa shape index (κ3) is 2.07. The quantitative estimate of drug-likeness (QED) is 0.889. The molecule has 0 radical (unpaired) electrons. The Labute approximate surface area is 108 Å². The number of rotatable bonds is 4. The van der Waals surface area contributed by atoms with Gasteiger partial charge in [-0.25, -0.2) is 0 Å². The van der Waals surface area contributed by atoms with Gasteiger partial charge in [0.2, 0.25) is 0 Å².